The molecule has 0 aliphatic heterocycles. The van der Waals surface area contributed by atoms with Gasteiger partial charge in [-0.1, -0.05) is 26.0 Å². The second-order valence-electron chi connectivity index (χ2n) is 5.26. The number of hydrogen-bond acceptors (Lipinski definition) is 3. The summed E-state index contributed by atoms with van der Waals surface area (Å²) < 4.78 is 10.6. The fraction of sp³-hybridized carbons (Fsp3) is 0.562. The Balaban J connectivity index is 2.26. The van der Waals surface area contributed by atoms with Crippen molar-refractivity contribution in [2.75, 3.05) is 20.3 Å². The summed E-state index contributed by atoms with van der Waals surface area (Å²) in [7, 11) is 1.65. The van der Waals surface area contributed by atoms with Crippen LogP contribution in [0.4, 0.5) is 0 Å². The number of ether oxygens (including phenoxy) is 2. The lowest BCUT2D eigenvalue weighted by molar-refractivity contribution is -0.132. The number of rotatable bonds is 8. The van der Waals surface area contributed by atoms with Gasteiger partial charge in [-0.15, -0.1) is 0 Å². The summed E-state index contributed by atoms with van der Waals surface area (Å²) in [5, 5.41) is 2.89. The Kier molecular flexibility index (Phi) is 7.09. The van der Waals surface area contributed by atoms with E-state index in [0.29, 0.717) is 19.1 Å². The van der Waals surface area contributed by atoms with E-state index >= 15 is 0 Å². The van der Waals surface area contributed by atoms with Crippen molar-refractivity contribution in [2.45, 2.75) is 33.3 Å². The van der Waals surface area contributed by atoms with Gasteiger partial charge >= 0.3 is 0 Å². The maximum atomic E-state index is 11.8. The van der Waals surface area contributed by atoms with Crippen LogP contribution in [0.25, 0.3) is 0 Å². The van der Waals surface area contributed by atoms with E-state index in [2.05, 4.69) is 19.2 Å². The fourth-order valence-corrected chi connectivity index (χ4v) is 1.68. The van der Waals surface area contributed by atoms with Gasteiger partial charge in [-0.05, 0) is 37.0 Å². The van der Waals surface area contributed by atoms with Crippen LogP contribution in [0.15, 0.2) is 24.3 Å². The molecule has 1 aromatic rings. The molecule has 0 fully saturated rings. The Bertz CT molecular complexity index is 401. The summed E-state index contributed by atoms with van der Waals surface area (Å²) in [6.07, 6.45) is 0.403. The molecule has 1 unspecified atom stereocenters. The summed E-state index contributed by atoms with van der Waals surface area (Å²) in [6.45, 7) is 7.13. The van der Waals surface area contributed by atoms with Crippen molar-refractivity contribution in [1.29, 1.82) is 0 Å². The van der Waals surface area contributed by atoms with E-state index in [-0.39, 0.29) is 5.91 Å². The van der Waals surface area contributed by atoms with Crippen molar-refractivity contribution in [3.63, 3.8) is 0 Å². The van der Waals surface area contributed by atoms with Gasteiger partial charge in [0.1, 0.15) is 11.9 Å². The third kappa shape index (κ3) is 6.06. The van der Waals surface area contributed by atoms with Crippen molar-refractivity contribution >= 4 is 5.91 Å². The van der Waals surface area contributed by atoms with Gasteiger partial charge in [0.05, 0.1) is 7.11 Å². The standard InChI is InChI=1S/C16H25NO3/c1-12(2)11-20-13(3)16(18)17-10-9-14-5-7-15(19-4)8-6-14/h5-8,12-13H,9-11H2,1-4H3,(H,17,18). The van der Waals surface area contributed by atoms with Crippen molar-refractivity contribution in [2.24, 2.45) is 5.92 Å². The molecular formula is C16H25NO3. The summed E-state index contributed by atoms with van der Waals surface area (Å²) >= 11 is 0. The molecule has 1 amide bonds. The number of hydrogen-bond donors (Lipinski definition) is 1. The quantitative estimate of drug-likeness (QED) is 0.795. The monoisotopic (exact) mass is 279 g/mol. The number of amides is 1. The lowest BCUT2D eigenvalue weighted by Crippen LogP contribution is -2.36. The molecule has 0 saturated heterocycles. The Hall–Kier alpha value is -1.55. The molecule has 20 heavy (non-hydrogen) atoms. The number of carbonyl (C=O) groups excluding carboxylic acids is 1. The zero-order chi connectivity index (χ0) is 15.0. The molecular weight excluding hydrogens is 254 g/mol. The minimum absolute atomic E-state index is 0.0563. The van der Waals surface area contributed by atoms with Crippen LogP contribution in [-0.4, -0.2) is 32.3 Å². The first-order valence-corrected chi connectivity index (χ1v) is 7.05. The second-order valence-corrected chi connectivity index (χ2v) is 5.26. The fourth-order valence-electron chi connectivity index (χ4n) is 1.68. The van der Waals surface area contributed by atoms with E-state index in [1.165, 1.54) is 5.56 Å². The van der Waals surface area contributed by atoms with Crippen molar-refractivity contribution < 1.29 is 14.3 Å². The number of methoxy groups -OCH3 is 1. The molecule has 1 N–H and O–H groups in total. The van der Waals surface area contributed by atoms with E-state index in [4.69, 9.17) is 9.47 Å². The molecule has 0 radical (unpaired) electrons. The molecule has 0 aromatic heterocycles. The molecule has 1 rings (SSSR count). The molecule has 4 nitrogen and oxygen atoms in total. The van der Waals surface area contributed by atoms with Crippen LogP contribution in [0, 0.1) is 5.92 Å². The summed E-state index contributed by atoms with van der Waals surface area (Å²) in [4.78, 5) is 11.8. The SMILES string of the molecule is COc1ccc(CCNC(=O)C(C)OCC(C)C)cc1. The number of nitrogens with one attached hydrogen (secondary N) is 1. The first-order chi connectivity index (χ1) is 9.52. The van der Waals surface area contributed by atoms with E-state index in [0.717, 1.165) is 12.2 Å². The minimum atomic E-state index is -0.395. The molecule has 0 saturated carbocycles. The largest absolute Gasteiger partial charge is 0.497 e. The summed E-state index contributed by atoms with van der Waals surface area (Å²) in [5.41, 5.74) is 1.17. The zero-order valence-corrected chi connectivity index (χ0v) is 12.8. The van der Waals surface area contributed by atoms with Gasteiger partial charge in [0.15, 0.2) is 0 Å². The van der Waals surface area contributed by atoms with E-state index in [1.54, 1.807) is 14.0 Å². The van der Waals surface area contributed by atoms with Crippen LogP contribution in [0.2, 0.25) is 0 Å². The van der Waals surface area contributed by atoms with Gasteiger partial charge in [0.25, 0.3) is 0 Å². The van der Waals surface area contributed by atoms with Gasteiger partial charge in [-0.3, -0.25) is 4.79 Å². The van der Waals surface area contributed by atoms with Crippen molar-refractivity contribution in [1.82, 2.24) is 5.32 Å². The molecule has 4 heteroatoms. The van der Waals surface area contributed by atoms with E-state index in [1.807, 2.05) is 24.3 Å². The van der Waals surface area contributed by atoms with Gasteiger partial charge in [0.2, 0.25) is 5.91 Å². The normalized spacial score (nSPS) is 12.2. The van der Waals surface area contributed by atoms with Gasteiger partial charge in [-0.25, -0.2) is 0 Å². The predicted octanol–water partition coefficient (Wildman–Crippen LogP) is 2.42. The Labute approximate surface area is 121 Å². The van der Waals surface area contributed by atoms with Crippen molar-refractivity contribution in [3.05, 3.63) is 29.8 Å². The van der Waals surface area contributed by atoms with Gasteiger partial charge in [-0.2, -0.15) is 0 Å². The minimum Gasteiger partial charge on any atom is -0.497 e. The summed E-state index contributed by atoms with van der Waals surface area (Å²) in [6, 6.07) is 7.85. The van der Waals surface area contributed by atoms with Crippen LogP contribution in [0.5, 0.6) is 5.75 Å². The topological polar surface area (TPSA) is 47.6 Å². The Morgan fingerprint density at radius 1 is 1.20 bits per heavy atom. The zero-order valence-electron chi connectivity index (χ0n) is 12.8. The Morgan fingerprint density at radius 3 is 2.40 bits per heavy atom. The van der Waals surface area contributed by atoms with Crippen LogP contribution in [0.3, 0.4) is 0 Å². The van der Waals surface area contributed by atoms with Crippen LogP contribution in [0.1, 0.15) is 26.3 Å². The molecule has 1 atom stereocenters. The molecule has 0 bridgehead atoms. The second kappa shape index (κ2) is 8.59. The Morgan fingerprint density at radius 2 is 1.85 bits per heavy atom. The van der Waals surface area contributed by atoms with Gasteiger partial charge < -0.3 is 14.8 Å². The molecule has 0 heterocycles. The van der Waals surface area contributed by atoms with E-state index in [9.17, 15) is 4.79 Å². The average Bonchev–Trinajstić information content (AvgIpc) is 2.45. The molecule has 1 aromatic carbocycles. The third-order valence-electron chi connectivity index (χ3n) is 2.92. The summed E-state index contributed by atoms with van der Waals surface area (Å²) in [5.74, 6) is 1.22. The average molecular weight is 279 g/mol. The smallest absolute Gasteiger partial charge is 0.248 e. The van der Waals surface area contributed by atoms with Crippen molar-refractivity contribution in [3.8, 4) is 5.75 Å². The third-order valence-corrected chi connectivity index (χ3v) is 2.92. The van der Waals surface area contributed by atoms with Gasteiger partial charge in [0, 0.05) is 13.2 Å². The molecule has 0 aliphatic carbocycles. The lowest BCUT2D eigenvalue weighted by atomic mass is 10.1. The maximum absolute atomic E-state index is 11.8. The highest BCUT2D eigenvalue weighted by Crippen LogP contribution is 2.11. The highest BCUT2D eigenvalue weighted by molar-refractivity contribution is 5.80. The molecule has 112 valence electrons. The highest BCUT2D eigenvalue weighted by Gasteiger charge is 2.12. The first-order valence-electron chi connectivity index (χ1n) is 7.05. The van der Waals surface area contributed by atoms with Crippen LogP contribution in [-0.2, 0) is 16.0 Å². The lowest BCUT2D eigenvalue weighted by Gasteiger charge is -2.14. The number of carbonyl (C=O) groups is 1. The predicted molar refractivity (Wildman–Crippen MR) is 80.0 cm³/mol. The molecule has 0 spiro atoms. The van der Waals surface area contributed by atoms with Crippen LogP contribution >= 0.6 is 0 Å². The number of benzene rings is 1. The highest BCUT2D eigenvalue weighted by atomic mass is 16.5. The van der Waals surface area contributed by atoms with E-state index < -0.39 is 6.10 Å². The first kappa shape index (κ1) is 16.5. The maximum Gasteiger partial charge on any atom is 0.248 e. The van der Waals surface area contributed by atoms with Crippen LogP contribution < -0.4 is 10.1 Å². The molecule has 0 aliphatic rings.